The number of nitrogens with two attached hydrogens (primary N) is 1. The molecule has 1 fully saturated rings. The Kier molecular flexibility index (Phi) is 2.91. The first-order chi connectivity index (χ1) is 9.11. The molecule has 0 amide bonds. The smallest absolute Gasteiger partial charge is 0.124 e. The summed E-state index contributed by atoms with van der Waals surface area (Å²) in [6, 6.07) is 9.86. The van der Waals surface area contributed by atoms with Gasteiger partial charge in [-0.25, -0.2) is 0 Å². The molecule has 1 saturated heterocycles. The summed E-state index contributed by atoms with van der Waals surface area (Å²) < 4.78 is 7.58. The number of ether oxygens (including phenoxy) is 1. The third kappa shape index (κ3) is 2.42. The second kappa shape index (κ2) is 4.59. The van der Waals surface area contributed by atoms with Gasteiger partial charge in [-0.3, -0.25) is 9.58 Å². The molecule has 100 valence electrons. The van der Waals surface area contributed by atoms with E-state index < -0.39 is 0 Å². The Morgan fingerprint density at radius 1 is 1.26 bits per heavy atom. The lowest BCUT2D eigenvalue weighted by molar-refractivity contribution is 0.0389. The zero-order chi connectivity index (χ0) is 13.4. The van der Waals surface area contributed by atoms with Crippen LogP contribution in [0.5, 0.6) is 5.75 Å². The predicted molar refractivity (Wildman–Crippen MR) is 75.0 cm³/mol. The molecule has 19 heavy (non-hydrogen) atoms. The molecular formula is C14H18N4O. The van der Waals surface area contributed by atoms with Crippen molar-refractivity contribution in [2.24, 2.45) is 7.05 Å². The average molecular weight is 258 g/mol. The molecule has 0 atom stereocenters. The lowest BCUT2D eigenvalue weighted by Crippen LogP contribution is -2.51. The summed E-state index contributed by atoms with van der Waals surface area (Å²) in [4.78, 5) is 2.23. The highest BCUT2D eigenvalue weighted by atomic mass is 16.5. The number of anilines is 1. The zero-order valence-corrected chi connectivity index (χ0v) is 11.2. The second-order valence-electron chi connectivity index (χ2n) is 5.07. The molecule has 2 heterocycles. The number of aryl methyl sites for hydroxylation is 1. The van der Waals surface area contributed by atoms with Gasteiger partial charge in [-0.1, -0.05) is 12.1 Å². The number of likely N-dealkylation sites (N-methyl/N-ethyl adjacent to an activating group) is 1. The standard InChI is InChI=1S/C14H18N4O/c1-17-8-12(9-17)19-11-5-3-4-10(6-11)13-7-14(15)18(2)16-13/h3-7,12H,8-9,15H2,1-2H3. The molecule has 0 saturated carbocycles. The van der Waals surface area contributed by atoms with Gasteiger partial charge in [0.1, 0.15) is 17.7 Å². The van der Waals surface area contributed by atoms with E-state index in [1.165, 1.54) is 0 Å². The fraction of sp³-hybridized carbons (Fsp3) is 0.357. The van der Waals surface area contributed by atoms with E-state index in [1.807, 2.05) is 37.4 Å². The Morgan fingerprint density at radius 2 is 2.05 bits per heavy atom. The topological polar surface area (TPSA) is 56.3 Å². The Labute approximate surface area is 112 Å². The van der Waals surface area contributed by atoms with E-state index in [9.17, 15) is 0 Å². The van der Waals surface area contributed by atoms with E-state index in [4.69, 9.17) is 10.5 Å². The van der Waals surface area contributed by atoms with Crippen molar-refractivity contribution in [1.82, 2.24) is 14.7 Å². The van der Waals surface area contributed by atoms with Gasteiger partial charge in [0.25, 0.3) is 0 Å². The molecule has 0 aliphatic carbocycles. The maximum absolute atomic E-state index is 5.91. The molecule has 0 bridgehead atoms. The van der Waals surface area contributed by atoms with Crippen LogP contribution in [-0.2, 0) is 7.05 Å². The van der Waals surface area contributed by atoms with Gasteiger partial charge in [-0.15, -0.1) is 0 Å². The fourth-order valence-corrected chi connectivity index (χ4v) is 2.26. The minimum atomic E-state index is 0.300. The summed E-state index contributed by atoms with van der Waals surface area (Å²) in [6.07, 6.45) is 0.300. The van der Waals surface area contributed by atoms with Crippen molar-refractivity contribution >= 4 is 5.82 Å². The largest absolute Gasteiger partial charge is 0.488 e. The molecular weight excluding hydrogens is 240 g/mol. The Bertz CT molecular complexity index is 567. The normalized spacial score (nSPS) is 16.3. The van der Waals surface area contributed by atoms with Gasteiger partial charge in [-0.05, 0) is 19.2 Å². The molecule has 0 radical (unpaired) electrons. The van der Waals surface area contributed by atoms with Crippen LogP contribution in [0.25, 0.3) is 11.3 Å². The first-order valence-corrected chi connectivity index (χ1v) is 6.37. The van der Waals surface area contributed by atoms with Gasteiger partial charge in [0.05, 0.1) is 5.69 Å². The highest BCUT2D eigenvalue weighted by Gasteiger charge is 2.24. The minimum absolute atomic E-state index is 0.300. The van der Waals surface area contributed by atoms with Crippen molar-refractivity contribution in [3.8, 4) is 17.0 Å². The average Bonchev–Trinajstić information content (AvgIpc) is 2.68. The molecule has 1 aliphatic heterocycles. The molecule has 2 N–H and O–H groups in total. The van der Waals surface area contributed by atoms with E-state index in [2.05, 4.69) is 17.0 Å². The number of likely N-dealkylation sites (tertiary alicyclic amines) is 1. The molecule has 3 rings (SSSR count). The molecule has 0 spiro atoms. The maximum atomic E-state index is 5.91. The SMILES string of the molecule is CN1CC(Oc2cccc(-c3cc(N)n(C)n3)c2)C1. The maximum Gasteiger partial charge on any atom is 0.124 e. The number of benzene rings is 1. The monoisotopic (exact) mass is 258 g/mol. The Morgan fingerprint density at radius 3 is 2.68 bits per heavy atom. The molecule has 0 unspecified atom stereocenters. The first-order valence-electron chi connectivity index (χ1n) is 6.37. The number of aromatic nitrogens is 2. The number of rotatable bonds is 3. The van der Waals surface area contributed by atoms with Crippen LogP contribution in [0.4, 0.5) is 5.82 Å². The van der Waals surface area contributed by atoms with Crippen LogP contribution < -0.4 is 10.5 Å². The fourth-order valence-electron chi connectivity index (χ4n) is 2.26. The van der Waals surface area contributed by atoms with Crippen molar-refractivity contribution in [1.29, 1.82) is 0 Å². The van der Waals surface area contributed by atoms with Gasteiger partial charge in [0, 0.05) is 31.8 Å². The number of hydrogen-bond donors (Lipinski definition) is 1. The van der Waals surface area contributed by atoms with Gasteiger partial charge in [-0.2, -0.15) is 5.10 Å². The third-order valence-corrected chi connectivity index (χ3v) is 3.38. The Balaban J connectivity index is 1.79. The van der Waals surface area contributed by atoms with Crippen LogP contribution in [0.2, 0.25) is 0 Å². The van der Waals surface area contributed by atoms with Crippen LogP contribution in [0, 0.1) is 0 Å². The first kappa shape index (κ1) is 12.0. The van der Waals surface area contributed by atoms with Crippen molar-refractivity contribution in [2.75, 3.05) is 25.9 Å². The van der Waals surface area contributed by atoms with Crippen LogP contribution in [0.1, 0.15) is 0 Å². The molecule has 5 heteroatoms. The van der Waals surface area contributed by atoms with Crippen molar-refractivity contribution < 1.29 is 4.74 Å². The lowest BCUT2D eigenvalue weighted by atomic mass is 10.1. The van der Waals surface area contributed by atoms with E-state index in [0.29, 0.717) is 11.9 Å². The molecule has 1 aliphatic rings. The summed E-state index contributed by atoms with van der Waals surface area (Å²) in [5.74, 6) is 1.54. The van der Waals surface area contributed by atoms with E-state index >= 15 is 0 Å². The summed E-state index contributed by atoms with van der Waals surface area (Å²) in [6.45, 7) is 1.97. The zero-order valence-electron chi connectivity index (χ0n) is 11.2. The van der Waals surface area contributed by atoms with Gasteiger partial charge in [0.15, 0.2) is 0 Å². The second-order valence-corrected chi connectivity index (χ2v) is 5.07. The summed E-state index contributed by atoms with van der Waals surface area (Å²) >= 11 is 0. The van der Waals surface area contributed by atoms with Crippen LogP contribution in [-0.4, -0.2) is 40.9 Å². The number of hydrogen-bond acceptors (Lipinski definition) is 4. The Hall–Kier alpha value is -2.01. The van der Waals surface area contributed by atoms with Gasteiger partial charge in [0.2, 0.25) is 0 Å². The molecule has 2 aromatic rings. The van der Waals surface area contributed by atoms with Crippen molar-refractivity contribution in [3.63, 3.8) is 0 Å². The van der Waals surface area contributed by atoms with Gasteiger partial charge >= 0.3 is 0 Å². The summed E-state index contributed by atoms with van der Waals surface area (Å²) in [7, 11) is 3.93. The molecule has 5 nitrogen and oxygen atoms in total. The van der Waals surface area contributed by atoms with Crippen LogP contribution in [0.3, 0.4) is 0 Å². The van der Waals surface area contributed by atoms with Crippen LogP contribution in [0.15, 0.2) is 30.3 Å². The van der Waals surface area contributed by atoms with E-state index in [-0.39, 0.29) is 0 Å². The van der Waals surface area contributed by atoms with E-state index in [0.717, 1.165) is 30.1 Å². The van der Waals surface area contributed by atoms with E-state index in [1.54, 1.807) is 4.68 Å². The minimum Gasteiger partial charge on any atom is -0.488 e. The summed E-state index contributed by atoms with van der Waals surface area (Å²) in [5.41, 5.74) is 7.70. The molecule has 1 aromatic carbocycles. The van der Waals surface area contributed by atoms with Crippen LogP contribution >= 0.6 is 0 Å². The highest BCUT2D eigenvalue weighted by molar-refractivity contribution is 5.63. The molecule has 1 aromatic heterocycles. The third-order valence-electron chi connectivity index (χ3n) is 3.38. The number of nitrogen functional groups attached to an aromatic ring is 1. The van der Waals surface area contributed by atoms with Gasteiger partial charge < -0.3 is 10.5 Å². The highest BCUT2D eigenvalue weighted by Crippen LogP contribution is 2.25. The lowest BCUT2D eigenvalue weighted by Gasteiger charge is -2.36. The predicted octanol–water partition coefficient (Wildman–Crippen LogP) is 1.36. The van der Waals surface area contributed by atoms with Crippen molar-refractivity contribution in [3.05, 3.63) is 30.3 Å². The summed E-state index contributed by atoms with van der Waals surface area (Å²) in [5, 5.41) is 4.37. The van der Waals surface area contributed by atoms with Crippen molar-refractivity contribution in [2.45, 2.75) is 6.10 Å². The quantitative estimate of drug-likeness (QED) is 0.903. The number of nitrogens with zero attached hydrogens (tertiary/aromatic N) is 3.